The maximum atomic E-state index is 12.9. The van der Waals surface area contributed by atoms with Gasteiger partial charge in [-0.2, -0.15) is 0 Å². The zero-order valence-corrected chi connectivity index (χ0v) is 45.0. The molecular formula is C63H106O6. The van der Waals surface area contributed by atoms with Crippen LogP contribution in [0.1, 0.15) is 265 Å². The van der Waals surface area contributed by atoms with Crippen molar-refractivity contribution in [1.82, 2.24) is 0 Å². The van der Waals surface area contributed by atoms with Crippen LogP contribution in [0.2, 0.25) is 0 Å². The van der Waals surface area contributed by atoms with Gasteiger partial charge in [-0.15, -0.1) is 0 Å². The third kappa shape index (κ3) is 55.1. The van der Waals surface area contributed by atoms with Crippen molar-refractivity contribution in [3.05, 3.63) is 97.2 Å². The first-order chi connectivity index (χ1) is 34.0. The molecule has 69 heavy (non-hydrogen) atoms. The molecule has 0 saturated heterocycles. The molecule has 0 rings (SSSR count). The number of esters is 3. The Morgan fingerprint density at radius 3 is 0.899 bits per heavy atom. The summed E-state index contributed by atoms with van der Waals surface area (Å²) in [6, 6.07) is 0. The fraction of sp³-hybridized carbons (Fsp3) is 0.698. The van der Waals surface area contributed by atoms with Gasteiger partial charge in [0, 0.05) is 19.3 Å². The molecule has 0 aromatic carbocycles. The number of carbonyl (C=O) groups excluding carboxylic acids is 3. The molecule has 0 aliphatic carbocycles. The highest BCUT2D eigenvalue weighted by molar-refractivity contribution is 5.71. The number of hydrogen-bond acceptors (Lipinski definition) is 6. The molecule has 0 amide bonds. The summed E-state index contributed by atoms with van der Waals surface area (Å²) in [6.07, 6.45) is 75.3. The predicted octanol–water partition coefficient (Wildman–Crippen LogP) is 19.3. The molecule has 0 spiro atoms. The Balaban J connectivity index is 4.51. The number of rotatable bonds is 51. The van der Waals surface area contributed by atoms with Gasteiger partial charge in [0.15, 0.2) is 6.10 Å². The van der Waals surface area contributed by atoms with Gasteiger partial charge in [0.25, 0.3) is 0 Å². The second-order valence-electron chi connectivity index (χ2n) is 18.8. The molecule has 0 bridgehead atoms. The van der Waals surface area contributed by atoms with Crippen molar-refractivity contribution >= 4 is 17.9 Å². The highest BCUT2D eigenvalue weighted by atomic mass is 16.6. The molecule has 0 heterocycles. The van der Waals surface area contributed by atoms with E-state index in [0.717, 1.165) is 96.3 Å². The lowest BCUT2D eigenvalue weighted by Gasteiger charge is -2.18. The predicted molar refractivity (Wildman–Crippen MR) is 297 cm³/mol. The topological polar surface area (TPSA) is 78.9 Å². The van der Waals surface area contributed by atoms with Crippen LogP contribution in [0.15, 0.2) is 97.2 Å². The maximum Gasteiger partial charge on any atom is 0.306 e. The lowest BCUT2D eigenvalue weighted by Crippen LogP contribution is -2.30. The van der Waals surface area contributed by atoms with E-state index in [0.29, 0.717) is 19.3 Å². The Bertz CT molecular complexity index is 1380. The third-order valence-corrected chi connectivity index (χ3v) is 12.0. The van der Waals surface area contributed by atoms with Gasteiger partial charge in [0.05, 0.1) is 0 Å². The van der Waals surface area contributed by atoms with Gasteiger partial charge in [-0.25, -0.2) is 0 Å². The van der Waals surface area contributed by atoms with Gasteiger partial charge in [-0.3, -0.25) is 14.4 Å². The monoisotopic (exact) mass is 959 g/mol. The normalized spacial score (nSPS) is 12.8. The number of allylic oxidation sites excluding steroid dienone is 16. The summed E-state index contributed by atoms with van der Waals surface area (Å²) in [7, 11) is 0. The van der Waals surface area contributed by atoms with Crippen LogP contribution in [-0.2, 0) is 28.6 Å². The summed E-state index contributed by atoms with van der Waals surface area (Å²) in [5, 5.41) is 0. The zero-order valence-electron chi connectivity index (χ0n) is 45.0. The summed E-state index contributed by atoms with van der Waals surface area (Å²) in [5.41, 5.74) is 0. The summed E-state index contributed by atoms with van der Waals surface area (Å²) in [6.45, 7) is 6.52. The van der Waals surface area contributed by atoms with E-state index in [1.54, 1.807) is 0 Å². The molecule has 0 aliphatic heterocycles. The average molecular weight is 960 g/mol. The minimum atomic E-state index is -0.810. The van der Waals surface area contributed by atoms with Gasteiger partial charge in [-0.1, -0.05) is 214 Å². The smallest absolute Gasteiger partial charge is 0.306 e. The molecule has 0 saturated carbocycles. The van der Waals surface area contributed by atoms with Crippen molar-refractivity contribution in [3.63, 3.8) is 0 Å². The maximum absolute atomic E-state index is 12.9. The van der Waals surface area contributed by atoms with E-state index in [2.05, 4.69) is 118 Å². The lowest BCUT2D eigenvalue weighted by molar-refractivity contribution is -0.167. The Labute approximate surface area is 426 Å². The Hall–Kier alpha value is -3.67. The van der Waals surface area contributed by atoms with Crippen molar-refractivity contribution in [3.8, 4) is 0 Å². The van der Waals surface area contributed by atoms with Crippen molar-refractivity contribution in [1.29, 1.82) is 0 Å². The minimum absolute atomic E-state index is 0.108. The molecule has 0 radical (unpaired) electrons. The largest absolute Gasteiger partial charge is 0.462 e. The first-order valence-electron chi connectivity index (χ1n) is 28.7. The second-order valence-corrected chi connectivity index (χ2v) is 18.8. The zero-order chi connectivity index (χ0) is 50.0. The molecule has 394 valence electrons. The van der Waals surface area contributed by atoms with Crippen LogP contribution in [0.3, 0.4) is 0 Å². The van der Waals surface area contributed by atoms with Crippen LogP contribution < -0.4 is 0 Å². The van der Waals surface area contributed by atoms with Crippen molar-refractivity contribution in [2.45, 2.75) is 271 Å². The number of ether oxygens (including phenoxy) is 3. The van der Waals surface area contributed by atoms with Crippen LogP contribution in [0.4, 0.5) is 0 Å². The molecule has 1 atom stereocenters. The molecule has 0 N–H and O–H groups in total. The van der Waals surface area contributed by atoms with Crippen LogP contribution in [0.25, 0.3) is 0 Å². The Morgan fingerprint density at radius 1 is 0.290 bits per heavy atom. The Morgan fingerprint density at radius 2 is 0.522 bits per heavy atom. The number of hydrogen-bond donors (Lipinski definition) is 0. The van der Waals surface area contributed by atoms with E-state index in [1.807, 2.05) is 0 Å². The Kier molecular flexibility index (Phi) is 53.9. The summed E-state index contributed by atoms with van der Waals surface area (Å²) in [5.74, 6) is -0.977. The van der Waals surface area contributed by atoms with Crippen LogP contribution in [0.5, 0.6) is 0 Å². The molecular weight excluding hydrogens is 853 g/mol. The minimum Gasteiger partial charge on any atom is -0.462 e. The van der Waals surface area contributed by atoms with Gasteiger partial charge >= 0.3 is 17.9 Å². The van der Waals surface area contributed by atoms with Crippen LogP contribution in [-0.4, -0.2) is 37.2 Å². The van der Waals surface area contributed by atoms with E-state index >= 15 is 0 Å². The van der Waals surface area contributed by atoms with Gasteiger partial charge in [-0.05, 0) is 128 Å². The van der Waals surface area contributed by atoms with Crippen molar-refractivity contribution < 1.29 is 28.6 Å². The van der Waals surface area contributed by atoms with E-state index in [9.17, 15) is 14.4 Å². The summed E-state index contributed by atoms with van der Waals surface area (Å²) >= 11 is 0. The number of unbranched alkanes of at least 4 members (excludes halogenated alkanes) is 24. The quantitative estimate of drug-likeness (QED) is 0.0262. The number of carbonyl (C=O) groups is 3. The van der Waals surface area contributed by atoms with E-state index in [-0.39, 0.29) is 31.1 Å². The standard InChI is InChI=1S/C63H106O6/c1-4-7-10-13-16-19-22-25-28-30-31-33-35-38-41-44-47-50-53-56-62(65)68-59-60(58-67-61(64)55-52-49-46-43-40-37-34-27-24-21-18-15-12-9-6-3)69-63(66)57-54-51-48-45-42-39-36-32-29-26-23-20-17-14-11-8-5-2/h16,18-19,21,25-29,31,33-34,38,40-41,43,60H,4-15,17,20,22-24,30,32,35-37,39,42,44-59H2,1-3H3/b19-16-,21-18-,28-25-,29-26-,33-31-,34-27-,41-38-,43-40-/t60-/m1/s1. The fourth-order valence-electron chi connectivity index (χ4n) is 7.66. The highest BCUT2D eigenvalue weighted by Gasteiger charge is 2.19. The van der Waals surface area contributed by atoms with Gasteiger partial charge < -0.3 is 14.2 Å². The molecule has 0 fully saturated rings. The highest BCUT2D eigenvalue weighted by Crippen LogP contribution is 2.14. The molecule has 0 unspecified atom stereocenters. The van der Waals surface area contributed by atoms with E-state index < -0.39 is 6.10 Å². The van der Waals surface area contributed by atoms with Crippen molar-refractivity contribution in [2.75, 3.05) is 13.2 Å². The molecule has 6 nitrogen and oxygen atoms in total. The fourth-order valence-corrected chi connectivity index (χ4v) is 7.66. The second kappa shape index (κ2) is 56.9. The molecule has 0 aromatic heterocycles. The summed E-state index contributed by atoms with van der Waals surface area (Å²) in [4.78, 5) is 38.1. The molecule has 0 aromatic rings. The molecule has 0 aliphatic rings. The SMILES string of the molecule is CCCCC/C=C\C/C=C\C/C=C\C/C=C\CCCCCC(=O)OC[C@@H](COC(=O)CCCC/C=C\C/C=C\C/C=C\CCCCC)OC(=O)CCCCCCCCC/C=C\CCCCCCCC. The van der Waals surface area contributed by atoms with Gasteiger partial charge in [0.2, 0.25) is 0 Å². The van der Waals surface area contributed by atoms with Crippen LogP contribution >= 0.6 is 0 Å². The average Bonchev–Trinajstić information content (AvgIpc) is 3.35. The van der Waals surface area contributed by atoms with E-state index in [1.165, 1.54) is 128 Å². The third-order valence-electron chi connectivity index (χ3n) is 12.0. The summed E-state index contributed by atoms with van der Waals surface area (Å²) < 4.78 is 16.8. The lowest BCUT2D eigenvalue weighted by atomic mass is 10.1. The first-order valence-corrected chi connectivity index (χ1v) is 28.7. The molecule has 6 heteroatoms. The first kappa shape index (κ1) is 65.3. The van der Waals surface area contributed by atoms with Gasteiger partial charge in [0.1, 0.15) is 13.2 Å². The van der Waals surface area contributed by atoms with E-state index in [4.69, 9.17) is 14.2 Å². The van der Waals surface area contributed by atoms with Crippen molar-refractivity contribution in [2.24, 2.45) is 0 Å². The van der Waals surface area contributed by atoms with Crippen LogP contribution in [0, 0.1) is 0 Å².